The normalized spacial score (nSPS) is 26.5. The van der Waals surface area contributed by atoms with E-state index in [0.29, 0.717) is 11.7 Å². The Morgan fingerprint density at radius 1 is 1.42 bits per heavy atom. The smallest absolute Gasteiger partial charge is 0.189 e. The Morgan fingerprint density at radius 3 is 3.05 bits per heavy atom. The summed E-state index contributed by atoms with van der Waals surface area (Å²) in [6.07, 6.45) is 5.19. The van der Waals surface area contributed by atoms with Crippen molar-refractivity contribution in [2.24, 2.45) is 10.9 Å². The topological polar surface area (TPSA) is 54.4 Å². The van der Waals surface area contributed by atoms with Crippen molar-refractivity contribution in [2.75, 3.05) is 11.1 Å². The van der Waals surface area contributed by atoms with Gasteiger partial charge < -0.3 is 5.32 Å². The molecule has 0 spiro atoms. The van der Waals surface area contributed by atoms with Crippen molar-refractivity contribution >= 4 is 39.2 Å². The molecule has 0 aromatic carbocycles. The number of aliphatic imine (C=N–C) groups is 1. The lowest BCUT2D eigenvalue weighted by molar-refractivity contribution is 0.101. The molecule has 1 aliphatic heterocycles. The molecule has 1 saturated carbocycles. The molecule has 3 rings (SSSR count). The highest BCUT2D eigenvalue weighted by Gasteiger charge is 2.29. The van der Waals surface area contributed by atoms with Gasteiger partial charge >= 0.3 is 0 Å². The molecule has 19 heavy (non-hydrogen) atoms. The Bertz CT molecular complexity index is 512. The van der Waals surface area contributed by atoms with Crippen LogP contribution in [0.4, 0.5) is 5.13 Å². The SMILES string of the molecule is CC(=O)c1csc(NC2=NC3CCCCC3CS2)n1. The zero-order valence-electron chi connectivity index (χ0n) is 10.9. The lowest BCUT2D eigenvalue weighted by Gasteiger charge is -2.32. The first-order valence-electron chi connectivity index (χ1n) is 6.66. The number of thiazole rings is 1. The average molecular weight is 295 g/mol. The minimum Gasteiger partial charge on any atom is -0.311 e. The Labute approximate surface area is 121 Å². The molecule has 2 heterocycles. The molecule has 1 aromatic rings. The van der Waals surface area contributed by atoms with Gasteiger partial charge in [0.25, 0.3) is 0 Å². The summed E-state index contributed by atoms with van der Waals surface area (Å²) in [5.74, 6) is 1.92. The fraction of sp³-hybridized carbons (Fsp3) is 0.615. The fourth-order valence-corrected chi connectivity index (χ4v) is 4.53. The summed E-state index contributed by atoms with van der Waals surface area (Å²) >= 11 is 3.25. The molecule has 4 nitrogen and oxygen atoms in total. The van der Waals surface area contributed by atoms with Crippen molar-refractivity contribution in [3.63, 3.8) is 0 Å². The molecule has 1 aromatic heterocycles. The molecular formula is C13H17N3OS2. The van der Waals surface area contributed by atoms with Crippen molar-refractivity contribution < 1.29 is 4.79 Å². The number of thioether (sulfide) groups is 1. The van der Waals surface area contributed by atoms with Gasteiger partial charge in [0, 0.05) is 18.1 Å². The van der Waals surface area contributed by atoms with Crippen molar-refractivity contribution in [2.45, 2.75) is 38.6 Å². The Morgan fingerprint density at radius 2 is 2.26 bits per heavy atom. The van der Waals surface area contributed by atoms with Gasteiger partial charge in [-0.1, -0.05) is 24.6 Å². The molecule has 6 heteroatoms. The summed E-state index contributed by atoms with van der Waals surface area (Å²) in [5.41, 5.74) is 0.532. The van der Waals surface area contributed by atoms with E-state index in [1.165, 1.54) is 37.0 Å². The van der Waals surface area contributed by atoms with Crippen LogP contribution in [0.2, 0.25) is 0 Å². The van der Waals surface area contributed by atoms with Gasteiger partial charge in [0.05, 0.1) is 6.04 Å². The molecule has 0 saturated heterocycles. The van der Waals surface area contributed by atoms with E-state index in [1.54, 1.807) is 24.1 Å². The molecule has 2 aliphatic rings. The number of hydrogen-bond acceptors (Lipinski definition) is 6. The molecule has 1 N–H and O–H groups in total. The molecule has 1 aliphatic carbocycles. The molecule has 0 bridgehead atoms. The largest absolute Gasteiger partial charge is 0.311 e. The van der Waals surface area contributed by atoms with Crippen molar-refractivity contribution in [3.8, 4) is 0 Å². The number of carbonyl (C=O) groups is 1. The third-order valence-corrected chi connectivity index (χ3v) is 5.50. The standard InChI is InChI=1S/C13H17N3OS2/c1-8(17)11-7-19-13(15-11)16-12-14-10-5-3-2-4-9(10)6-18-12/h7,9-10H,2-6H2,1H3,(H,14,15,16). The summed E-state index contributed by atoms with van der Waals surface area (Å²) in [5, 5.41) is 6.79. The van der Waals surface area contributed by atoms with Gasteiger partial charge in [-0.3, -0.25) is 9.79 Å². The minimum atomic E-state index is 0.00915. The number of fused-ring (bicyclic) bond motifs is 1. The van der Waals surface area contributed by atoms with Gasteiger partial charge in [-0.25, -0.2) is 4.98 Å². The highest BCUT2D eigenvalue weighted by atomic mass is 32.2. The zero-order valence-corrected chi connectivity index (χ0v) is 12.5. The van der Waals surface area contributed by atoms with Gasteiger partial charge in [0.1, 0.15) is 5.69 Å². The van der Waals surface area contributed by atoms with Crippen LogP contribution in [0.5, 0.6) is 0 Å². The van der Waals surface area contributed by atoms with Gasteiger partial charge in [-0.15, -0.1) is 11.3 Å². The number of amidine groups is 1. The quantitative estimate of drug-likeness (QED) is 0.849. The van der Waals surface area contributed by atoms with Crippen molar-refractivity contribution in [3.05, 3.63) is 11.1 Å². The fourth-order valence-electron chi connectivity index (χ4n) is 2.58. The number of carbonyl (C=O) groups excluding carboxylic acids is 1. The number of nitrogens with zero attached hydrogens (tertiary/aromatic N) is 2. The van der Waals surface area contributed by atoms with E-state index in [-0.39, 0.29) is 5.78 Å². The van der Waals surface area contributed by atoms with E-state index in [9.17, 15) is 4.79 Å². The van der Waals surface area contributed by atoms with Gasteiger partial charge in [0.15, 0.2) is 16.1 Å². The van der Waals surface area contributed by atoms with Crippen LogP contribution in [0.25, 0.3) is 0 Å². The number of ketones is 1. The minimum absolute atomic E-state index is 0.00915. The van der Waals surface area contributed by atoms with Gasteiger partial charge in [-0.2, -0.15) is 0 Å². The van der Waals surface area contributed by atoms with E-state index < -0.39 is 0 Å². The maximum Gasteiger partial charge on any atom is 0.189 e. The first-order chi connectivity index (χ1) is 9.22. The Balaban J connectivity index is 1.69. The predicted molar refractivity (Wildman–Crippen MR) is 81.4 cm³/mol. The number of anilines is 1. The number of hydrogen-bond donors (Lipinski definition) is 1. The first kappa shape index (κ1) is 13.1. The molecule has 102 valence electrons. The third-order valence-electron chi connectivity index (χ3n) is 3.66. The van der Waals surface area contributed by atoms with Crippen LogP contribution in [0.1, 0.15) is 43.1 Å². The van der Waals surface area contributed by atoms with Crippen molar-refractivity contribution in [1.82, 2.24) is 4.98 Å². The Kier molecular flexibility index (Phi) is 3.88. The number of nitrogens with one attached hydrogen (secondary N) is 1. The molecule has 2 unspecified atom stereocenters. The van der Waals surface area contributed by atoms with E-state index >= 15 is 0 Å². The van der Waals surface area contributed by atoms with E-state index in [2.05, 4.69) is 10.3 Å². The molecule has 2 atom stereocenters. The van der Waals surface area contributed by atoms with Crippen LogP contribution in [-0.2, 0) is 0 Å². The van der Waals surface area contributed by atoms with Crippen LogP contribution in [-0.4, -0.2) is 27.7 Å². The average Bonchev–Trinajstić information content (AvgIpc) is 2.87. The van der Waals surface area contributed by atoms with Crippen LogP contribution in [0.3, 0.4) is 0 Å². The second-order valence-electron chi connectivity index (χ2n) is 5.08. The summed E-state index contributed by atoms with van der Waals surface area (Å²) in [7, 11) is 0. The number of aromatic nitrogens is 1. The Hall–Kier alpha value is -0.880. The summed E-state index contributed by atoms with van der Waals surface area (Å²) < 4.78 is 0. The maximum atomic E-state index is 11.2. The molecule has 0 radical (unpaired) electrons. The summed E-state index contributed by atoms with van der Waals surface area (Å²) in [6, 6.07) is 0.490. The van der Waals surface area contributed by atoms with Gasteiger partial charge in [-0.05, 0) is 18.8 Å². The van der Waals surface area contributed by atoms with E-state index in [0.717, 1.165) is 22.0 Å². The molecule has 0 amide bonds. The first-order valence-corrected chi connectivity index (χ1v) is 8.53. The third kappa shape index (κ3) is 3.00. The van der Waals surface area contributed by atoms with E-state index in [1.807, 2.05) is 0 Å². The monoisotopic (exact) mass is 295 g/mol. The molecular weight excluding hydrogens is 278 g/mol. The van der Waals surface area contributed by atoms with Gasteiger partial charge in [0.2, 0.25) is 0 Å². The van der Waals surface area contributed by atoms with Crippen LogP contribution < -0.4 is 5.32 Å². The zero-order chi connectivity index (χ0) is 13.2. The molecule has 1 fully saturated rings. The summed E-state index contributed by atoms with van der Waals surface area (Å²) in [6.45, 7) is 1.54. The predicted octanol–water partition coefficient (Wildman–Crippen LogP) is 3.42. The highest BCUT2D eigenvalue weighted by Crippen LogP contribution is 2.34. The second-order valence-corrected chi connectivity index (χ2v) is 6.94. The maximum absolute atomic E-state index is 11.2. The summed E-state index contributed by atoms with van der Waals surface area (Å²) in [4.78, 5) is 20.3. The van der Waals surface area contributed by atoms with Crippen LogP contribution in [0.15, 0.2) is 10.4 Å². The van der Waals surface area contributed by atoms with Crippen LogP contribution in [0, 0.1) is 5.92 Å². The number of Topliss-reactive ketones (excluding diaryl/α,β-unsaturated/α-hetero) is 1. The van der Waals surface area contributed by atoms with E-state index in [4.69, 9.17) is 4.99 Å². The lowest BCUT2D eigenvalue weighted by atomic mass is 9.86. The second kappa shape index (κ2) is 5.63. The number of rotatable bonds is 2. The van der Waals surface area contributed by atoms with Crippen molar-refractivity contribution in [1.29, 1.82) is 0 Å². The highest BCUT2D eigenvalue weighted by molar-refractivity contribution is 8.14. The van der Waals surface area contributed by atoms with Crippen LogP contribution >= 0.6 is 23.1 Å². The lowest BCUT2D eigenvalue weighted by Crippen LogP contribution is -2.31.